The van der Waals surface area contributed by atoms with Gasteiger partial charge in [0.25, 0.3) is 0 Å². The van der Waals surface area contributed by atoms with Crippen LogP contribution in [0.1, 0.15) is 34.6 Å². The number of para-hydroxylation sites is 1. The standard InChI is InChI=1S/C32H39ClFN7O2/c1-18-15-41(31(42)43-32(3,4)5)19(2)14-40(18)29-23-13-24(33)25(22-10-8-9-20-11-12-35-27(20)22)26(34)28(23)36-30(37-29)39-16-21(17-39)38(6)7/h8-13,18-19,21,35H,14-17H2,1-7H3/t18-,19-/m0/s1. The second-order valence-electron chi connectivity index (χ2n) is 13.0. The number of amides is 1. The molecule has 9 nitrogen and oxygen atoms in total. The third kappa shape index (κ3) is 5.35. The number of rotatable bonds is 4. The van der Waals surface area contributed by atoms with Crippen LogP contribution in [0.5, 0.6) is 0 Å². The van der Waals surface area contributed by atoms with Crippen LogP contribution >= 0.6 is 11.6 Å². The second-order valence-corrected chi connectivity index (χ2v) is 13.5. The number of aromatic nitrogens is 3. The predicted molar refractivity (Wildman–Crippen MR) is 171 cm³/mol. The van der Waals surface area contributed by atoms with Gasteiger partial charge in [0, 0.05) is 67.0 Å². The summed E-state index contributed by atoms with van der Waals surface area (Å²) in [7, 11) is 4.11. The van der Waals surface area contributed by atoms with Crippen LogP contribution < -0.4 is 9.80 Å². The van der Waals surface area contributed by atoms with E-state index in [1.807, 2.05) is 65.1 Å². The number of nitrogens with one attached hydrogen (secondary N) is 1. The van der Waals surface area contributed by atoms with Gasteiger partial charge in [0.2, 0.25) is 5.95 Å². The lowest BCUT2D eigenvalue weighted by Crippen LogP contribution is -2.59. The van der Waals surface area contributed by atoms with E-state index in [1.54, 1.807) is 11.0 Å². The fourth-order valence-corrected chi connectivity index (χ4v) is 6.30. The number of fused-ring (bicyclic) bond motifs is 2. The molecule has 0 unspecified atom stereocenters. The molecule has 2 aromatic carbocycles. The second kappa shape index (κ2) is 10.8. The molecule has 2 aliphatic heterocycles. The molecule has 0 radical (unpaired) electrons. The van der Waals surface area contributed by atoms with Gasteiger partial charge in [0.05, 0.1) is 10.5 Å². The maximum absolute atomic E-state index is 16.8. The van der Waals surface area contributed by atoms with Crippen LogP contribution in [0, 0.1) is 5.82 Å². The summed E-state index contributed by atoms with van der Waals surface area (Å²) in [6.45, 7) is 12.1. The molecular weight excluding hydrogens is 569 g/mol. The van der Waals surface area contributed by atoms with Crippen molar-refractivity contribution in [1.82, 2.24) is 24.8 Å². The number of nitrogens with zero attached hydrogens (tertiary/aromatic N) is 6. The Labute approximate surface area is 256 Å². The number of piperazine rings is 1. The van der Waals surface area contributed by atoms with Crippen molar-refractivity contribution >= 4 is 51.3 Å². The fraction of sp³-hybridized carbons (Fsp3) is 0.469. The van der Waals surface area contributed by atoms with E-state index >= 15 is 4.39 Å². The minimum absolute atomic E-state index is 0.116. The summed E-state index contributed by atoms with van der Waals surface area (Å²) in [5.41, 5.74) is 1.44. The van der Waals surface area contributed by atoms with Gasteiger partial charge in [-0.2, -0.15) is 4.98 Å². The number of anilines is 2. The number of ether oxygens (including phenoxy) is 1. The molecule has 228 valence electrons. The predicted octanol–water partition coefficient (Wildman–Crippen LogP) is 6.15. The van der Waals surface area contributed by atoms with Crippen LogP contribution in [0.15, 0.2) is 36.5 Å². The first-order chi connectivity index (χ1) is 20.3. The minimum atomic E-state index is -0.590. The van der Waals surface area contributed by atoms with Crippen molar-refractivity contribution in [2.75, 3.05) is 50.1 Å². The van der Waals surface area contributed by atoms with E-state index < -0.39 is 11.4 Å². The largest absolute Gasteiger partial charge is 0.444 e. The minimum Gasteiger partial charge on any atom is -0.444 e. The molecule has 1 N–H and O–H groups in total. The summed E-state index contributed by atoms with van der Waals surface area (Å²) in [6, 6.07) is 9.58. The molecule has 0 saturated carbocycles. The summed E-state index contributed by atoms with van der Waals surface area (Å²) >= 11 is 6.89. The molecule has 11 heteroatoms. The molecule has 6 rings (SSSR count). The molecule has 2 fully saturated rings. The van der Waals surface area contributed by atoms with Gasteiger partial charge in [0.1, 0.15) is 16.9 Å². The van der Waals surface area contributed by atoms with Gasteiger partial charge in [-0.15, -0.1) is 0 Å². The molecule has 2 saturated heterocycles. The van der Waals surface area contributed by atoms with Gasteiger partial charge < -0.3 is 29.3 Å². The van der Waals surface area contributed by atoms with Gasteiger partial charge in [-0.25, -0.2) is 14.2 Å². The number of hydrogen-bond donors (Lipinski definition) is 1. The molecule has 2 aromatic heterocycles. The number of carbonyl (C=O) groups excluding carboxylic acids is 1. The smallest absolute Gasteiger partial charge is 0.410 e. The molecule has 0 bridgehead atoms. The van der Waals surface area contributed by atoms with Gasteiger partial charge in [-0.05, 0) is 66.2 Å². The number of aromatic amines is 1. The van der Waals surface area contributed by atoms with Crippen LogP contribution in [-0.4, -0.2) is 94.8 Å². The lowest BCUT2D eigenvalue weighted by molar-refractivity contribution is 0.0130. The SMILES string of the molecule is C[C@H]1CN(c2nc(N3CC(N(C)C)C3)nc3c(F)c(-c4cccc5cc[nH]c45)c(Cl)cc23)[C@@H](C)CN1C(=O)OC(C)(C)C. The third-order valence-corrected chi connectivity index (χ3v) is 8.77. The van der Waals surface area contributed by atoms with Crippen LogP contribution in [0.4, 0.5) is 21.0 Å². The van der Waals surface area contributed by atoms with Gasteiger partial charge in [-0.1, -0.05) is 29.8 Å². The first-order valence-corrected chi connectivity index (χ1v) is 15.1. The quantitative estimate of drug-likeness (QED) is 0.298. The Morgan fingerprint density at radius 1 is 1.09 bits per heavy atom. The van der Waals surface area contributed by atoms with E-state index in [4.69, 9.17) is 26.3 Å². The first-order valence-electron chi connectivity index (χ1n) is 14.8. The summed E-state index contributed by atoms with van der Waals surface area (Å²) in [5, 5.41) is 1.80. The monoisotopic (exact) mass is 607 g/mol. The van der Waals surface area contributed by atoms with Crippen molar-refractivity contribution in [2.24, 2.45) is 0 Å². The number of H-pyrrole nitrogens is 1. The summed E-state index contributed by atoms with van der Waals surface area (Å²) in [4.78, 5) is 34.3. The molecule has 4 aromatic rings. The Bertz CT molecular complexity index is 1690. The van der Waals surface area contributed by atoms with Crippen molar-refractivity contribution in [3.63, 3.8) is 0 Å². The van der Waals surface area contributed by atoms with Crippen LogP contribution in [0.25, 0.3) is 32.9 Å². The Kier molecular flexibility index (Phi) is 7.41. The molecule has 4 heterocycles. The fourth-order valence-electron chi connectivity index (χ4n) is 6.01. The molecule has 0 aliphatic carbocycles. The zero-order chi connectivity index (χ0) is 30.8. The summed E-state index contributed by atoms with van der Waals surface area (Å²) in [5.74, 6) is 0.620. The van der Waals surface area contributed by atoms with E-state index in [9.17, 15) is 4.79 Å². The lowest BCUT2D eigenvalue weighted by atomic mass is 10.00. The molecule has 43 heavy (non-hydrogen) atoms. The van der Waals surface area contributed by atoms with Crippen LogP contribution in [0.2, 0.25) is 5.02 Å². The molecule has 2 aliphatic rings. The van der Waals surface area contributed by atoms with Crippen molar-refractivity contribution < 1.29 is 13.9 Å². The van der Waals surface area contributed by atoms with Crippen molar-refractivity contribution in [2.45, 2.75) is 58.3 Å². The number of hydrogen-bond acceptors (Lipinski definition) is 7. The Hall–Kier alpha value is -3.63. The highest BCUT2D eigenvalue weighted by molar-refractivity contribution is 6.35. The number of likely N-dealkylation sites (N-methyl/N-ethyl adjacent to an activating group) is 1. The Morgan fingerprint density at radius 2 is 1.84 bits per heavy atom. The maximum Gasteiger partial charge on any atom is 0.410 e. The van der Waals surface area contributed by atoms with Crippen molar-refractivity contribution in [3.05, 3.63) is 47.4 Å². The van der Waals surface area contributed by atoms with Gasteiger partial charge in [-0.3, -0.25) is 0 Å². The summed E-state index contributed by atoms with van der Waals surface area (Å²) in [6.07, 6.45) is 1.50. The average molecular weight is 608 g/mol. The topological polar surface area (TPSA) is 80.8 Å². The van der Waals surface area contributed by atoms with Gasteiger partial charge >= 0.3 is 6.09 Å². The third-order valence-electron chi connectivity index (χ3n) is 8.47. The number of benzene rings is 2. The normalized spacial score (nSPS) is 19.9. The van der Waals surface area contributed by atoms with E-state index in [0.29, 0.717) is 47.4 Å². The number of carbonyl (C=O) groups is 1. The average Bonchev–Trinajstić information content (AvgIpc) is 3.37. The first kappa shape index (κ1) is 29.4. The molecular formula is C32H39ClFN7O2. The number of halogens is 2. The van der Waals surface area contributed by atoms with E-state index in [2.05, 4.69) is 33.8 Å². The highest BCUT2D eigenvalue weighted by Crippen LogP contribution is 2.42. The van der Waals surface area contributed by atoms with Crippen molar-refractivity contribution in [1.29, 1.82) is 0 Å². The Balaban J connectivity index is 1.46. The highest BCUT2D eigenvalue weighted by atomic mass is 35.5. The zero-order valence-corrected chi connectivity index (χ0v) is 26.5. The maximum atomic E-state index is 16.8. The molecule has 1 amide bonds. The van der Waals surface area contributed by atoms with E-state index in [1.165, 1.54) is 0 Å². The zero-order valence-electron chi connectivity index (χ0n) is 25.8. The molecule has 2 atom stereocenters. The lowest BCUT2D eigenvalue weighted by Gasteiger charge is -2.46. The highest BCUT2D eigenvalue weighted by Gasteiger charge is 2.37. The van der Waals surface area contributed by atoms with Crippen molar-refractivity contribution in [3.8, 4) is 11.1 Å². The van der Waals surface area contributed by atoms with Crippen LogP contribution in [-0.2, 0) is 4.74 Å². The van der Waals surface area contributed by atoms with Gasteiger partial charge in [0.15, 0.2) is 5.82 Å². The van der Waals surface area contributed by atoms with E-state index in [-0.39, 0.29) is 28.7 Å². The van der Waals surface area contributed by atoms with E-state index in [0.717, 1.165) is 24.0 Å². The van der Waals surface area contributed by atoms with Crippen LogP contribution in [0.3, 0.4) is 0 Å². The summed E-state index contributed by atoms with van der Waals surface area (Å²) < 4.78 is 22.4. The Morgan fingerprint density at radius 3 is 2.53 bits per heavy atom. The molecule has 0 spiro atoms.